The van der Waals surface area contributed by atoms with Crippen molar-refractivity contribution in [3.8, 4) is 0 Å². The summed E-state index contributed by atoms with van der Waals surface area (Å²) >= 11 is 0. The average molecular weight is 487 g/mol. The number of rotatable bonds is 6. The van der Waals surface area contributed by atoms with E-state index >= 15 is 0 Å². The van der Waals surface area contributed by atoms with Gasteiger partial charge < -0.3 is 10.6 Å². The standard InChI is InChI=1S/C26H23FN6O3/c1-14-18(15(2)34)6-7-20-19(14)8-9-21(20)31-25(36)23-11-22(32-26-29-13-30-33(23)26)24(35)28-12-16-4-3-5-17(27)10-16/h3-7,10-11,13,21H,8-9,12H2,1-2H3,(H,28,35)(H,31,36)/t21-/m0/s1. The van der Waals surface area contributed by atoms with Crippen LogP contribution in [0.3, 0.4) is 0 Å². The number of ketones is 1. The average Bonchev–Trinajstić information content (AvgIpc) is 3.49. The molecule has 2 amide bonds. The number of carbonyl (C=O) groups is 3. The third-order valence-corrected chi connectivity index (χ3v) is 6.44. The van der Waals surface area contributed by atoms with Crippen molar-refractivity contribution in [3.63, 3.8) is 0 Å². The van der Waals surface area contributed by atoms with Crippen molar-refractivity contribution < 1.29 is 18.8 Å². The second kappa shape index (κ2) is 9.29. The van der Waals surface area contributed by atoms with E-state index < -0.39 is 17.6 Å². The monoisotopic (exact) mass is 486 g/mol. The first-order chi connectivity index (χ1) is 17.3. The lowest BCUT2D eigenvalue weighted by atomic mass is 9.96. The topological polar surface area (TPSA) is 118 Å². The Morgan fingerprint density at radius 1 is 1.14 bits per heavy atom. The molecule has 10 heteroatoms. The first-order valence-electron chi connectivity index (χ1n) is 11.5. The Morgan fingerprint density at radius 3 is 2.75 bits per heavy atom. The van der Waals surface area contributed by atoms with E-state index in [1.54, 1.807) is 25.1 Å². The van der Waals surface area contributed by atoms with Gasteiger partial charge in [-0.05, 0) is 61.1 Å². The lowest BCUT2D eigenvalue weighted by Gasteiger charge is -2.16. The number of nitrogens with one attached hydrogen (secondary N) is 2. The predicted octanol–water partition coefficient (Wildman–Crippen LogP) is 3.12. The lowest BCUT2D eigenvalue weighted by Crippen LogP contribution is -2.30. The molecular formula is C26H23FN6O3. The molecule has 36 heavy (non-hydrogen) atoms. The number of benzene rings is 2. The summed E-state index contributed by atoms with van der Waals surface area (Å²) in [7, 11) is 0. The van der Waals surface area contributed by atoms with E-state index in [1.807, 2.05) is 13.0 Å². The Hall–Kier alpha value is -4.47. The summed E-state index contributed by atoms with van der Waals surface area (Å²) in [6, 6.07) is 10.7. The molecule has 2 aromatic heterocycles. The Kier molecular flexibility index (Phi) is 6.01. The van der Waals surface area contributed by atoms with E-state index in [0.29, 0.717) is 17.5 Å². The molecule has 182 valence electrons. The van der Waals surface area contributed by atoms with Crippen LogP contribution in [0, 0.1) is 12.7 Å². The van der Waals surface area contributed by atoms with Crippen LogP contribution in [0.25, 0.3) is 5.78 Å². The Labute approximate surface area is 205 Å². The highest BCUT2D eigenvalue weighted by Gasteiger charge is 2.28. The fourth-order valence-electron chi connectivity index (χ4n) is 4.65. The molecule has 2 aromatic carbocycles. The van der Waals surface area contributed by atoms with Crippen molar-refractivity contribution in [2.45, 2.75) is 39.3 Å². The zero-order valence-electron chi connectivity index (χ0n) is 19.7. The molecule has 2 heterocycles. The molecule has 0 unspecified atom stereocenters. The molecule has 0 radical (unpaired) electrons. The van der Waals surface area contributed by atoms with Gasteiger partial charge in [0.2, 0.25) is 0 Å². The molecule has 0 saturated carbocycles. The van der Waals surface area contributed by atoms with Crippen molar-refractivity contribution in [1.82, 2.24) is 30.2 Å². The van der Waals surface area contributed by atoms with Crippen LogP contribution in [-0.2, 0) is 13.0 Å². The molecule has 0 fully saturated rings. The summed E-state index contributed by atoms with van der Waals surface area (Å²) in [4.78, 5) is 46.3. The quantitative estimate of drug-likeness (QED) is 0.404. The van der Waals surface area contributed by atoms with E-state index in [1.165, 1.54) is 29.0 Å². The fourth-order valence-corrected chi connectivity index (χ4v) is 4.65. The third-order valence-electron chi connectivity index (χ3n) is 6.44. The lowest BCUT2D eigenvalue weighted by molar-refractivity contribution is 0.0927. The minimum atomic E-state index is -0.530. The molecule has 0 bridgehead atoms. The van der Waals surface area contributed by atoms with Crippen molar-refractivity contribution in [1.29, 1.82) is 0 Å². The van der Waals surface area contributed by atoms with E-state index in [2.05, 4.69) is 25.7 Å². The number of nitrogens with zero attached hydrogens (tertiary/aromatic N) is 4. The number of halogens is 1. The molecule has 0 saturated heterocycles. The van der Waals surface area contributed by atoms with E-state index in [-0.39, 0.29) is 35.5 Å². The summed E-state index contributed by atoms with van der Waals surface area (Å²) in [5.74, 6) is -1.25. The fraction of sp³-hybridized carbons (Fsp3) is 0.231. The van der Waals surface area contributed by atoms with Crippen molar-refractivity contribution in [2.75, 3.05) is 0 Å². The maximum atomic E-state index is 13.4. The number of hydrogen-bond acceptors (Lipinski definition) is 6. The summed E-state index contributed by atoms with van der Waals surface area (Å²) < 4.78 is 14.7. The Bertz CT molecular complexity index is 1530. The van der Waals surface area contributed by atoms with Gasteiger partial charge >= 0.3 is 0 Å². The predicted molar refractivity (Wildman–Crippen MR) is 128 cm³/mol. The number of Topliss-reactive ketones (excluding diaryl/α,β-unsaturated/α-hetero) is 1. The van der Waals surface area contributed by atoms with Gasteiger partial charge in [-0.25, -0.2) is 9.37 Å². The normalized spacial score (nSPS) is 14.5. The van der Waals surface area contributed by atoms with Gasteiger partial charge in [0, 0.05) is 18.2 Å². The van der Waals surface area contributed by atoms with Crippen LogP contribution in [0.15, 0.2) is 48.8 Å². The van der Waals surface area contributed by atoms with E-state index in [4.69, 9.17) is 0 Å². The first-order valence-corrected chi connectivity index (χ1v) is 11.5. The summed E-state index contributed by atoms with van der Waals surface area (Å²) in [5.41, 5.74) is 4.37. The van der Waals surface area contributed by atoms with Crippen LogP contribution >= 0.6 is 0 Å². The molecule has 0 spiro atoms. The molecule has 0 aliphatic heterocycles. The van der Waals surface area contributed by atoms with Gasteiger partial charge in [0.15, 0.2) is 5.78 Å². The van der Waals surface area contributed by atoms with Gasteiger partial charge in [0.1, 0.15) is 23.5 Å². The van der Waals surface area contributed by atoms with Crippen LogP contribution in [0.2, 0.25) is 0 Å². The van der Waals surface area contributed by atoms with Gasteiger partial charge in [-0.1, -0.05) is 24.3 Å². The maximum Gasteiger partial charge on any atom is 0.270 e. The number of carbonyl (C=O) groups excluding carboxylic acids is 3. The number of aromatic nitrogens is 4. The molecule has 2 N–H and O–H groups in total. The number of fused-ring (bicyclic) bond motifs is 2. The van der Waals surface area contributed by atoms with Crippen molar-refractivity contribution >= 4 is 23.4 Å². The van der Waals surface area contributed by atoms with E-state index in [9.17, 15) is 18.8 Å². The van der Waals surface area contributed by atoms with Crippen LogP contribution < -0.4 is 10.6 Å². The van der Waals surface area contributed by atoms with Crippen molar-refractivity contribution in [2.24, 2.45) is 0 Å². The highest BCUT2D eigenvalue weighted by Crippen LogP contribution is 2.35. The van der Waals surface area contributed by atoms with Crippen LogP contribution in [0.4, 0.5) is 4.39 Å². The highest BCUT2D eigenvalue weighted by atomic mass is 19.1. The van der Waals surface area contributed by atoms with Crippen LogP contribution in [0.5, 0.6) is 0 Å². The smallest absolute Gasteiger partial charge is 0.270 e. The molecule has 1 atom stereocenters. The zero-order chi connectivity index (χ0) is 25.4. The number of amides is 2. The first kappa shape index (κ1) is 23.3. The molecule has 4 aromatic rings. The van der Waals surface area contributed by atoms with Crippen molar-refractivity contribution in [3.05, 3.63) is 93.8 Å². The molecule has 1 aliphatic carbocycles. The van der Waals surface area contributed by atoms with Gasteiger partial charge in [0.05, 0.1) is 6.04 Å². The van der Waals surface area contributed by atoms with Gasteiger partial charge in [-0.15, -0.1) is 0 Å². The molecular weight excluding hydrogens is 463 g/mol. The Morgan fingerprint density at radius 2 is 1.97 bits per heavy atom. The van der Waals surface area contributed by atoms with E-state index in [0.717, 1.165) is 23.1 Å². The van der Waals surface area contributed by atoms with Gasteiger partial charge in [0.25, 0.3) is 17.6 Å². The summed E-state index contributed by atoms with van der Waals surface area (Å²) in [5, 5.41) is 9.79. The summed E-state index contributed by atoms with van der Waals surface area (Å²) in [6.07, 6.45) is 2.69. The zero-order valence-corrected chi connectivity index (χ0v) is 19.7. The van der Waals surface area contributed by atoms with Gasteiger partial charge in [-0.3, -0.25) is 14.4 Å². The molecule has 5 rings (SSSR count). The minimum absolute atomic E-state index is 0.00850. The molecule has 1 aliphatic rings. The summed E-state index contributed by atoms with van der Waals surface area (Å²) in [6.45, 7) is 3.57. The minimum Gasteiger partial charge on any atom is -0.347 e. The van der Waals surface area contributed by atoms with Gasteiger partial charge in [-0.2, -0.15) is 14.6 Å². The highest BCUT2D eigenvalue weighted by molar-refractivity contribution is 5.98. The maximum absolute atomic E-state index is 13.4. The third kappa shape index (κ3) is 4.33. The number of hydrogen-bond donors (Lipinski definition) is 2. The molecule has 9 nitrogen and oxygen atoms in total. The second-order valence-corrected chi connectivity index (χ2v) is 8.74. The Balaban J connectivity index is 1.38. The largest absolute Gasteiger partial charge is 0.347 e. The SMILES string of the molecule is CC(=O)c1ccc2c(c1C)CC[C@@H]2NC(=O)c1cc(C(=O)NCc2cccc(F)c2)nc2ncnn12. The van der Waals surface area contributed by atoms with Crippen LogP contribution in [0.1, 0.15) is 73.0 Å². The van der Waals surface area contributed by atoms with Crippen LogP contribution in [-0.4, -0.2) is 37.2 Å². The second-order valence-electron chi connectivity index (χ2n) is 8.74.